The highest BCUT2D eigenvalue weighted by Crippen LogP contribution is 2.28. The van der Waals surface area contributed by atoms with Gasteiger partial charge in [0, 0.05) is 30.2 Å². The first-order valence-electron chi connectivity index (χ1n) is 8.33. The number of nitrogens with two attached hydrogens (primary N) is 1. The number of carbonyl (C=O) groups is 1. The summed E-state index contributed by atoms with van der Waals surface area (Å²) in [4.78, 5) is 17.4. The van der Waals surface area contributed by atoms with Crippen molar-refractivity contribution in [2.45, 2.75) is 25.3 Å². The molecule has 1 amide bonds. The first-order valence-corrected chi connectivity index (χ1v) is 8.33. The Balaban J connectivity index is 1.50. The highest BCUT2D eigenvalue weighted by Gasteiger charge is 2.26. The molecule has 3 heterocycles. The fourth-order valence-corrected chi connectivity index (χ4v) is 3.70. The maximum atomic E-state index is 11.5. The number of rotatable bonds is 4. The number of piperidine rings is 1. The molecule has 0 bridgehead atoms. The van der Waals surface area contributed by atoms with Gasteiger partial charge < -0.3 is 10.7 Å². The van der Waals surface area contributed by atoms with Crippen LogP contribution < -0.4 is 5.73 Å². The fraction of sp³-hybridized carbons (Fsp3) is 0.333. The van der Waals surface area contributed by atoms with E-state index in [1.807, 2.05) is 6.07 Å². The normalized spacial score (nSPS) is 18.9. The zero-order chi connectivity index (χ0) is 16.5. The van der Waals surface area contributed by atoms with E-state index in [1.165, 1.54) is 22.8 Å². The van der Waals surface area contributed by atoms with Crippen LogP contribution in [0.1, 0.15) is 40.5 Å². The molecule has 1 unspecified atom stereocenters. The summed E-state index contributed by atoms with van der Waals surface area (Å²) in [6.07, 6.45) is 3.68. The average molecular weight is 323 g/mol. The third kappa shape index (κ3) is 2.80. The third-order valence-corrected chi connectivity index (χ3v) is 4.83. The molecular weight excluding hydrogens is 302 g/mol. The standard InChI is InChI=1S/C18H21N5O/c19-18(24)15-9-20-22-17(15)13-5-3-7-23(10-13)11-14-8-12-4-1-2-6-16(12)21-14/h1-2,4,6,8-9,13,21H,3,5,7,10-11H2,(H2,19,24)(H,20,22). The van der Waals surface area contributed by atoms with Crippen LogP contribution in [0.3, 0.4) is 0 Å². The molecule has 124 valence electrons. The minimum atomic E-state index is -0.411. The van der Waals surface area contributed by atoms with E-state index in [-0.39, 0.29) is 5.92 Å². The predicted octanol–water partition coefficient (Wildman–Crippen LogP) is 2.37. The number of hydrogen-bond acceptors (Lipinski definition) is 3. The number of para-hydroxylation sites is 1. The highest BCUT2D eigenvalue weighted by molar-refractivity contribution is 5.93. The zero-order valence-corrected chi connectivity index (χ0v) is 13.5. The van der Waals surface area contributed by atoms with Gasteiger partial charge in [0.2, 0.25) is 0 Å². The summed E-state index contributed by atoms with van der Waals surface area (Å²) in [6, 6.07) is 10.5. The van der Waals surface area contributed by atoms with Crippen LogP contribution in [0.25, 0.3) is 10.9 Å². The molecule has 0 spiro atoms. The smallest absolute Gasteiger partial charge is 0.252 e. The van der Waals surface area contributed by atoms with Gasteiger partial charge in [0.15, 0.2) is 0 Å². The molecular formula is C18H21N5O. The molecule has 4 rings (SSSR count). The summed E-state index contributed by atoms with van der Waals surface area (Å²) in [5.41, 5.74) is 9.24. The van der Waals surface area contributed by atoms with Crippen LogP contribution in [0.2, 0.25) is 0 Å². The number of aromatic nitrogens is 3. The molecule has 0 radical (unpaired) electrons. The summed E-state index contributed by atoms with van der Waals surface area (Å²) in [5.74, 6) is -0.139. The maximum Gasteiger partial charge on any atom is 0.252 e. The lowest BCUT2D eigenvalue weighted by Crippen LogP contribution is -2.34. The second kappa shape index (κ2) is 6.13. The Bertz CT molecular complexity index is 832. The lowest BCUT2D eigenvalue weighted by molar-refractivity contribution is 0.0997. The SMILES string of the molecule is NC(=O)c1cn[nH]c1C1CCCN(Cc2cc3ccccc3[nH]2)C1. The molecule has 6 nitrogen and oxygen atoms in total. The Morgan fingerprint density at radius 3 is 3.08 bits per heavy atom. The third-order valence-electron chi connectivity index (χ3n) is 4.83. The monoisotopic (exact) mass is 323 g/mol. The van der Waals surface area contributed by atoms with Crippen molar-refractivity contribution in [2.24, 2.45) is 5.73 Å². The van der Waals surface area contributed by atoms with Gasteiger partial charge in [-0.1, -0.05) is 18.2 Å². The first kappa shape index (κ1) is 15.0. The van der Waals surface area contributed by atoms with E-state index in [1.54, 1.807) is 0 Å². The number of aromatic amines is 2. The second-order valence-electron chi connectivity index (χ2n) is 6.52. The summed E-state index contributed by atoms with van der Waals surface area (Å²) < 4.78 is 0. The van der Waals surface area contributed by atoms with Gasteiger partial charge in [-0.3, -0.25) is 14.8 Å². The summed E-state index contributed by atoms with van der Waals surface area (Å²) in [7, 11) is 0. The molecule has 1 aliphatic heterocycles. The number of fused-ring (bicyclic) bond motifs is 1. The van der Waals surface area contributed by atoms with E-state index < -0.39 is 5.91 Å². The Morgan fingerprint density at radius 1 is 1.38 bits per heavy atom. The highest BCUT2D eigenvalue weighted by atomic mass is 16.1. The van der Waals surface area contributed by atoms with Crippen LogP contribution >= 0.6 is 0 Å². The summed E-state index contributed by atoms with van der Waals surface area (Å²) >= 11 is 0. The largest absolute Gasteiger partial charge is 0.365 e. The van der Waals surface area contributed by atoms with E-state index in [0.717, 1.165) is 38.2 Å². The van der Waals surface area contributed by atoms with Gasteiger partial charge in [0.25, 0.3) is 5.91 Å². The molecule has 1 saturated heterocycles. The van der Waals surface area contributed by atoms with Crippen molar-refractivity contribution < 1.29 is 4.79 Å². The Labute approximate surface area is 140 Å². The minimum absolute atomic E-state index is 0.271. The van der Waals surface area contributed by atoms with Gasteiger partial charge in [-0.25, -0.2) is 0 Å². The first-order chi connectivity index (χ1) is 11.7. The van der Waals surface area contributed by atoms with Crippen molar-refractivity contribution in [3.05, 3.63) is 53.5 Å². The topological polar surface area (TPSA) is 90.8 Å². The van der Waals surface area contributed by atoms with Gasteiger partial charge in [0.05, 0.1) is 17.5 Å². The number of benzene rings is 1. The maximum absolute atomic E-state index is 11.5. The Morgan fingerprint density at radius 2 is 2.25 bits per heavy atom. The number of likely N-dealkylation sites (tertiary alicyclic amines) is 1. The second-order valence-corrected chi connectivity index (χ2v) is 6.52. The molecule has 0 aliphatic carbocycles. The van der Waals surface area contributed by atoms with E-state index in [9.17, 15) is 4.79 Å². The number of amides is 1. The lowest BCUT2D eigenvalue weighted by Gasteiger charge is -2.32. The van der Waals surface area contributed by atoms with Crippen molar-refractivity contribution in [2.75, 3.05) is 13.1 Å². The summed E-state index contributed by atoms with van der Waals surface area (Å²) in [5, 5.41) is 8.22. The molecule has 1 atom stereocenters. The quantitative estimate of drug-likeness (QED) is 0.688. The fourth-order valence-electron chi connectivity index (χ4n) is 3.70. The van der Waals surface area contributed by atoms with Gasteiger partial charge in [-0.2, -0.15) is 5.10 Å². The molecule has 1 fully saturated rings. The summed E-state index contributed by atoms with van der Waals surface area (Å²) in [6.45, 7) is 2.84. The molecule has 2 aromatic heterocycles. The number of hydrogen-bond donors (Lipinski definition) is 3. The molecule has 6 heteroatoms. The molecule has 0 saturated carbocycles. The van der Waals surface area contributed by atoms with E-state index in [0.29, 0.717) is 5.56 Å². The predicted molar refractivity (Wildman–Crippen MR) is 92.7 cm³/mol. The van der Waals surface area contributed by atoms with E-state index >= 15 is 0 Å². The Hall–Kier alpha value is -2.60. The Kier molecular flexibility index (Phi) is 3.82. The van der Waals surface area contributed by atoms with Crippen molar-refractivity contribution in [3.8, 4) is 0 Å². The van der Waals surface area contributed by atoms with Crippen molar-refractivity contribution in [1.82, 2.24) is 20.1 Å². The zero-order valence-electron chi connectivity index (χ0n) is 13.5. The number of nitrogens with one attached hydrogen (secondary N) is 2. The van der Waals surface area contributed by atoms with Crippen LogP contribution in [0.15, 0.2) is 36.5 Å². The lowest BCUT2D eigenvalue weighted by atomic mass is 9.92. The van der Waals surface area contributed by atoms with Crippen LogP contribution in [-0.2, 0) is 6.54 Å². The number of primary amides is 1. The van der Waals surface area contributed by atoms with Crippen molar-refractivity contribution >= 4 is 16.8 Å². The molecule has 4 N–H and O–H groups in total. The van der Waals surface area contributed by atoms with Crippen LogP contribution in [0.4, 0.5) is 0 Å². The van der Waals surface area contributed by atoms with Crippen LogP contribution in [0.5, 0.6) is 0 Å². The molecule has 3 aromatic rings. The van der Waals surface area contributed by atoms with Crippen LogP contribution in [0, 0.1) is 0 Å². The average Bonchev–Trinajstić information content (AvgIpc) is 3.21. The van der Waals surface area contributed by atoms with E-state index in [2.05, 4.69) is 44.3 Å². The minimum Gasteiger partial charge on any atom is -0.365 e. The van der Waals surface area contributed by atoms with Crippen LogP contribution in [-0.4, -0.2) is 39.1 Å². The molecule has 1 aliphatic rings. The van der Waals surface area contributed by atoms with Gasteiger partial charge in [0.1, 0.15) is 0 Å². The van der Waals surface area contributed by atoms with Crippen molar-refractivity contribution in [3.63, 3.8) is 0 Å². The van der Waals surface area contributed by atoms with Crippen molar-refractivity contribution in [1.29, 1.82) is 0 Å². The number of H-pyrrole nitrogens is 2. The van der Waals surface area contributed by atoms with Gasteiger partial charge in [-0.15, -0.1) is 0 Å². The van der Waals surface area contributed by atoms with Gasteiger partial charge in [-0.05, 0) is 36.9 Å². The van der Waals surface area contributed by atoms with Gasteiger partial charge >= 0.3 is 0 Å². The van der Waals surface area contributed by atoms with E-state index in [4.69, 9.17) is 5.73 Å². The molecule has 24 heavy (non-hydrogen) atoms. The molecule has 1 aromatic carbocycles. The number of nitrogens with zero attached hydrogens (tertiary/aromatic N) is 2. The number of carbonyl (C=O) groups excluding carboxylic acids is 1.